The third kappa shape index (κ3) is 8.26. The van der Waals surface area contributed by atoms with Crippen LogP contribution in [0.25, 0.3) is 11.0 Å². The average Bonchev–Trinajstić information content (AvgIpc) is 3.45. The van der Waals surface area contributed by atoms with E-state index < -0.39 is 12.2 Å². The molecule has 10 nitrogen and oxygen atoms in total. The second-order valence-electron chi connectivity index (χ2n) is 10.9. The maximum atomic E-state index is 12.6. The lowest BCUT2D eigenvalue weighted by atomic mass is 10.00. The molecule has 1 aliphatic rings. The largest absolute Gasteiger partial charge is 0.392 e. The van der Waals surface area contributed by atoms with Gasteiger partial charge in [-0.2, -0.15) is 0 Å². The van der Waals surface area contributed by atoms with Gasteiger partial charge in [-0.3, -0.25) is 14.8 Å². The van der Waals surface area contributed by atoms with Crippen LogP contribution in [0, 0.1) is 0 Å². The Kier molecular flexibility index (Phi) is 10.5. The van der Waals surface area contributed by atoms with E-state index in [2.05, 4.69) is 14.9 Å². The molecule has 0 saturated carbocycles. The van der Waals surface area contributed by atoms with Crippen molar-refractivity contribution in [3.63, 3.8) is 0 Å². The van der Waals surface area contributed by atoms with Gasteiger partial charge < -0.3 is 24.5 Å². The summed E-state index contributed by atoms with van der Waals surface area (Å²) in [6.07, 6.45) is 5.10. The SMILES string of the molecule is O=C(CCCCCCC(=O)Nc1cccc([C@@H]2O[C@H](Cn3cnc4ccccc43)C[C@H](c3ccc(CO)cc3)O2)c1)NO. The van der Waals surface area contributed by atoms with E-state index in [9.17, 15) is 14.7 Å². The maximum absolute atomic E-state index is 12.6. The quantitative estimate of drug-likeness (QED) is 0.0915. The number of aliphatic hydroxyl groups is 1. The number of hydrogen-bond acceptors (Lipinski definition) is 7. The molecule has 1 aliphatic heterocycles. The van der Waals surface area contributed by atoms with Gasteiger partial charge in [-0.1, -0.05) is 61.4 Å². The smallest absolute Gasteiger partial charge is 0.243 e. The fourth-order valence-electron chi connectivity index (χ4n) is 5.38. The van der Waals surface area contributed by atoms with E-state index in [4.69, 9.17) is 14.7 Å². The number of ether oxygens (including phenoxy) is 2. The summed E-state index contributed by atoms with van der Waals surface area (Å²) in [5.74, 6) is -0.474. The Morgan fingerprint density at radius 2 is 1.65 bits per heavy atom. The first-order chi connectivity index (χ1) is 21.0. The first-order valence-electron chi connectivity index (χ1n) is 14.8. The van der Waals surface area contributed by atoms with Crippen molar-refractivity contribution in [2.75, 3.05) is 5.32 Å². The number of nitrogens with one attached hydrogen (secondary N) is 2. The Morgan fingerprint density at radius 3 is 2.42 bits per heavy atom. The topological polar surface area (TPSA) is 135 Å². The molecule has 0 spiro atoms. The van der Waals surface area contributed by atoms with Crippen molar-refractivity contribution < 1.29 is 29.4 Å². The Bertz CT molecular complexity index is 1500. The van der Waals surface area contributed by atoms with Crippen LogP contribution in [0.2, 0.25) is 0 Å². The lowest BCUT2D eigenvalue weighted by molar-refractivity contribution is -0.252. The van der Waals surface area contributed by atoms with Gasteiger partial charge >= 0.3 is 0 Å². The minimum atomic E-state index is -0.649. The Labute approximate surface area is 250 Å². The second-order valence-corrected chi connectivity index (χ2v) is 10.9. The number of anilines is 1. The van der Waals surface area contributed by atoms with E-state index in [1.165, 1.54) is 0 Å². The lowest BCUT2D eigenvalue weighted by Crippen LogP contribution is -2.32. The highest BCUT2D eigenvalue weighted by molar-refractivity contribution is 5.90. The number of carbonyl (C=O) groups excluding carboxylic acids is 2. The molecule has 10 heteroatoms. The van der Waals surface area contributed by atoms with Gasteiger partial charge in [0.15, 0.2) is 6.29 Å². The molecule has 226 valence electrons. The number of aliphatic hydroxyl groups excluding tert-OH is 1. The number of benzene rings is 3. The second kappa shape index (κ2) is 14.9. The van der Waals surface area contributed by atoms with Gasteiger partial charge in [0, 0.05) is 30.5 Å². The standard InChI is InChI=1S/C33H38N4O6/c38-21-23-14-16-24(17-15-23)30-19-27(20-37-22-34-28-10-5-6-11-29(28)37)42-33(43-30)25-8-7-9-26(18-25)35-31(39)12-3-1-2-4-13-32(40)36-41/h5-11,14-18,22,27,30,33,38,41H,1-4,12-13,19-21H2,(H,35,39)(H,36,40)/t27-,30+,33+/m0/s1. The number of aromatic nitrogens is 2. The van der Waals surface area contributed by atoms with E-state index in [-0.39, 0.29) is 31.1 Å². The molecule has 4 N–H and O–H groups in total. The van der Waals surface area contributed by atoms with E-state index in [0.717, 1.165) is 40.6 Å². The molecule has 4 aromatic rings. The lowest BCUT2D eigenvalue weighted by Gasteiger charge is -2.36. The van der Waals surface area contributed by atoms with Crippen molar-refractivity contribution in [2.45, 2.75) is 76.6 Å². The minimum absolute atomic E-state index is 0.0181. The van der Waals surface area contributed by atoms with Gasteiger partial charge in [0.2, 0.25) is 11.8 Å². The Morgan fingerprint density at radius 1 is 0.884 bits per heavy atom. The number of amides is 2. The summed E-state index contributed by atoms with van der Waals surface area (Å²) in [5, 5.41) is 21.0. The molecule has 2 heterocycles. The number of hydroxylamine groups is 1. The molecule has 0 bridgehead atoms. The van der Waals surface area contributed by atoms with Crippen LogP contribution in [-0.2, 0) is 32.2 Å². The first-order valence-corrected chi connectivity index (χ1v) is 14.8. The highest BCUT2D eigenvalue weighted by Gasteiger charge is 2.32. The molecule has 2 amide bonds. The van der Waals surface area contributed by atoms with Gasteiger partial charge in [-0.15, -0.1) is 0 Å². The summed E-state index contributed by atoms with van der Waals surface area (Å²) in [6, 6.07) is 23.3. The number of nitrogens with zero attached hydrogens (tertiary/aromatic N) is 2. The summed E-state index contributed by atoms with van der Waals surface area (Å²) in [6.45, 7) is 0.586. The molecular weight excluding hydrogens is 548 g/mol. The maximum Gasteiger partial charge on any atom is 0.243 e. The number of imidazole rings is 1. The molecule has 0 aliphatic carbocycles. The summed E-state index contributed by atoms with van der Waals surface area (Å²) >= 11 is 0. The van der Waals surface area contributed by atoms with Gasteiger partial charge in [0.1, 0.15) is 0 Å². The van der Waals surface area contributed by atoms with E-state index in [0.29, 0.717) is 37.9 Å². The normalized spacial score (nSPS) is 18.4. The monoisotopic (exact) mass is 586 g/mol. The average molecular weight is 587 g/mol. The Balaban J connectivity index is 1.25. The van der Waals surface area contributed by atoms with Crippen LogP contribution in [0.4, 0.5) is 5.69 Å². The summed E-state index contributed by atoms with van der Waals surface area (Å²) in [7, 11) is 0. The number of rotatable bonds is 13. The third-order valence-electron chi connectivity index (χ3n) is 7.67. The van der Waals surface area contributed by atoms with Crippen molar-refractivity contribution in [3.05, 3.63) is 95.8 Å². The summed E-state index contributed by atoms with van der Waals surface area (Å²) < 4.78 is 15.1. The molecule has 1 fully saturated rings. The highest BCUT2D eigenvalue weighted by atomic mass is 16.7. The molecular formula is C33H38N4O6. The molecule has 43 heavy (non-hydrogen) atoms. The van der Waals surface area contributed by atoms with Gasteiger partial charge in [0.25, 0.3) is 0 Å². The fraction of sp³-hybridized carbons (Fsp3) is 0.364. The van der Waals surface area contributed by atoms with Crippen molar-refractivity contribution >= 4 is 28.5 Å². The number of para-hydroxylation sites is 2. The van der Waals surface area contributed by atoms with Crippen LogP contribution < -0.4 is 10.8 Å². The van der Waals surface area contributed by atoms with Crippen LogP contribution in [0.15, 0.2) is 79.1 Å². The first kappa shape index (κ1) is 30.4. The van der Waals surface area contributed by atoms with E-state index in [1.54, 1.807) is 5.48 Å². The van der Waals surface area contributed by atoms with Crippen LogP contribution >= 0.6 is 0 Å². The molecule has 3 atom stereocenters. The molecule has 1 aromatic heterocycles. The van der Waals surface area contributed by atoms with Crippen molar-refractivity contribution in [2.24, 2.45) is 0 Å². The molecule has 0 unspecified atom stereocenters. The van der Waals surface area contributed by atoms with Crippen molar-refractivity contribution in [1.82, 2.24) is 15.0 Å². The van der Waals surface area contributed by atoms with Crippen LogP contribution in [0.1, 0.15) is 74.0 Å². The van der Waals surface area contributed by atoms with Gasteiger partial charge in [0.05, 0.1) is 42.7 Å². The summed E-state index contributed by atoms with van der Waals surface area (Å²) in [4.78, 5) is 28.2. The molecule has 5 rings (SSSR count). The highest BCUT2D eigenvalue weighted by Crippen LogP contribution is 2.39. The predicted octanol–water partition coefficient (Wildman–Crippen LogP) is 5.56. The fourth-order valence-corrected chi connectivity index (χ4v) is 5.38. The van der Waals surface area contributed by atoms with E-state index >= 15 is 0 Å². The number of fused-ring (bicyclic) bond motifs is 1. The van der Waals surface area contributed by atoms with Crippen LogP contribution in [-0.4, -0.2) is 37.8 Å². The third-order valence-corrected chi connectivity index (χ3v) is 7.67. The Hall–Kier alpha value is -4.09. The number of hydrogen-bond donors (Lipinski definition) is 4. The summed E-state index contributed by atoms with van der Waals surface area (Å²) in [5.41, 5.74) is 6.92. The number of carbonyl (C=O) groups is 2. The minimum Gasteiger partial charge on any atom is -0.392 e. The van der Waals surface area contributed by atoms with Crippen LogP contribution in [0.5, 0.6) is 0 Å². The van der Waals surface area contributed by atoms with Crippen molar-refractivity contribution in [3.8, 4) is 0 Å². The zero-order valence-electron chi connectivity index (χ0n) is 24.0. The van der Waals surface area contributed by atoms with Crippen molar-refractivity contribution in [1.29, 1.82) is 0 Å². The van der Waals surface area contributed by atoms with Gasteiger partial charge in [-0.05, 0) is 48.2 Å². The predicted molar refractivity (Wildman–Crippen MR) is 161 cm³/mol. The molecule has 1 saturated heterocycles. The molecule has 3 aromatic carbocycles. The zero-order chi connectivity index (χ0) is 30.0. The molecule has 0 radical (unpaired) electrons. The van der Waals surface area contributed by atoms with Crippen LogP contribution in [0.3, 0.4) is 0 Å². The van der Waals surface area contributed by atoms with E-state index in [1.807, 2.05) is 79.1 Å². The zero-order valence-corrected chi connectivity index (χ0v) is 24.0. The van der Waals surface area contributed by atoms with Gasteiger partial charge in [-0.25, -0.2) is 10.5 Å². The number of unbranched alkanes of at least 4 members (excludes halogenated alkanes) is 3.